The average molecular weight is 185 g/mol. The maximum absolute atomic E-state index is 10.2. The minimum atomic E-state index is -0.304. The summed E-state index contributed by atoms with van der Waals surface area (Å²) in [4.78, 5) is 10.2. The molecule has 4 nitrogen and oxygen atoms in total. The van der Waals surface area contributed by atoms with E-state index in [-0.39, 0.29) is 5.79 Å². The van der Waals surface area contributed by atoms with Gasteiger partial charge in [0.2, 0.25) is 6.41 Å². The number of rotatable bonds is 2. The molecule has 1 heterocycles. The maximum atomic E-state index is 10.2. The molecule has 2 fully saturated rings. The Morgan fingerprint density at radius 1 is 1.23 bits per heavy atom. The molecule has 0 aromatic rings. The van der Waals surface area contributed by atoms with Crippen LogP contribution < -0.4 is 5.32 Å². The van der Waals surface area contributed by atoms with Crippen LogP contribution in [0.5, 0.6) is 0 Å². The summed E-state index contributed by atoms with van der Waals surface area (Å²) in [6.07, 6.45) is 4.49. The Morgan fingerprint density at radius 2 is 1.85 bits per heavy atom. The van der Waals surface area contributed by atoms with Crippen molar-refractivity contribution in [3.05, 3.63) is 0 Å². The Labute approximate surface area is 77.6 Å². The van der Waals surface area contributed by atoms with E-state index >= 15 is 0 Å². The molecule has 1 saturated carbocycles. The summed E-state index contributed by atoms with van der Waals surface area (Å²) >= 11 is 0. The van der Waals surface area contributed by atoms with Crippen molar-refractivity contribution in [3.8, 4) is 0 Å². The number of amides is 1. The van der Waals surface area contributed by atoms with Gasteiger partial charge in [-0.25, -0.2) is 0 Å². The summed E-state index contributed by atoms with van der Waals surface area (Å²) in [6, 6.07) is 0.316. The normalized spacial score (nSPS) is 27.7. The van der Waals surface area contributed by atoms with Crippen LogP contribution in [-0.4, -0.2) is 31.5 Å². The predicted octanol–water partition coefficient (Wildman–Crippen LogP) is 0.418. The first-order valence-corrected chi connectivity index (χ1v) is 4.82. The van der Waals surface area contributed by atoms with E-state index in [9.17, 15) is 4.79 Å². The Kier molecular flexibility index (Phi) is 2.51. The van der Waals surface area contributed by atoms with E-state index in [2.05, 4.69) is 5.32 Å². The Balaban J connectivity index is 1.84. The first kappa shape index (κ1) is 8.97. The summed E-state index contributed by atoms with van der Waals surface area (Å²) in [5.41, 5.74) is 0. The number of hydrogen-bond acceptors (Lipinski definition) is 3. The summed E-state index contributed by atoms with van der Waals surface area (Å²) in [5.74, 6) is -0.304. The summed E-state index contributed by atoms with van der Waals surface area (Å²) in [7, 11) is 0. The van der Waals surface area contributed by atoms with Crippen LogP contribution in [0.25, 0.3) is 0 Å². The van der Waals surface area contributed by atoms with E-state index in [0.717, 1.165) is 32.1 Å². The molecule has 1 amide bonds. The molecule has 1 N–H and O–H groups in total. The molecule has 0 bridgehead atoms. The quantitative estimate of drug-likeness (QED) is 0.634. The van der Waals surface area contributed by atoms with Crippen LogP contribution in [0.3, 0.4) is 0 Å². The van der Waals surface area contributed by atoms with E-state index in [1.54, 1.807) is 0 Å². The fraction of sp³-hybridized carbons (Fsp3) is 0.889. The lowest BCUT2D eigenvalue weighted by atomic mass is 9.90. The highest BCUT2D eigenvalue weighted by Gasteiger charge is 2.40. The van der Waals surface area contributed by atoms with E-state index in [4.69, 9.17) is 9.47 Å². The average Bonchev–Trinajstić information content (AvgIpc) is 2.59. The van der Waals surface area contributed by atoms with Gasteiger partial charge in [0, 0.05) is 18.9 Å². The molecule has 1 spiro atoms. The third kappa shape index (κ3) is 1.84. The zero-order chi connectivity index (χ0) is 9.15. The van der Waals surface area contributed by atoms with Crippen LogP contribution in [-0.2, 0) is 14.3 Å². The van der Waals surface area contributed by atoms with Crippen LogP contribution >= 0.6 is 0 Å². The first-order chi connectivity index (χ1) is 6.35. The van der Waals surface area contributed by atoms with Gasteiger partial charge in [-0.3, -0.25) is 4.79 Å². The lowest BCUT2D eigenvalue weighted by Gasteiger charge is -2.34. The van der Waals surface area contributed by atoms with Crippen molar-refractivity contribution in [2.24, 2.45) is 0 Å². The highest BCUT2D eigenvalue weighted by Crippen LogP contribution is 2.35. The molecule has 13 heavy (non-hydrogen) atoms. The van der Waals surface area contributed by atoms with Gasteiger partial charge < -0.3 is 14.8 Å². The van der Waals surface area contributed by atoms with Crippen molar-refractivity contribution in [2.75, 3.05) is 13.2 Å². The molecule has 2 aliphatic rings. The summed E-state index contributed by atoms with van der Waals surface area (Å²) in [5, 5.41) is 2.80. The Hall–Kier alpha value is -0.610. The van der Waals surface area contributed by atoms with Crippen molar-refractivity contribution < 1.29 is 14.3 Å². The van der Waals surface area contributed by atoms with Crippen LogP contribution in [0.4, 0.5) is 0 Å². The fourth-order valence-corrected chi connectivity index (χ4v) is 2.11. The SMILES string of the molecule is O=CNC1CCC2(CC1)OCCO2. The van der Waals surface area contributed by atoms with Crippen molar-refractivity contribution in [1.82, 2.24) is 5.32 Å². The summed E-state index contributed by atoms with van der Waals surface area (Å²) in [6.45, 7) is 1.43. The van der Waals surface area contributed by atoms with E-state index < -0.39 is 0 Å². The molecule has 0 radical (unpaired) electrons. The second kappa shape index (κ2) is 3.64. The lowest BCUT2D eigenvalue weighted by molar-refractivity contribution is -0.179. The molecule has 2 rings (SSSR count). The zero-order valence-corrected chi connectivity index (χ0v) is 7.62. The largest absolute Gasteiger partial charge is 0.356 e. The molecular weight excluding hydrogens is 170 g/mol. The molecule has 0 unspecified atom stereocenters. The molecule has 1 aliphatic carbocycles. The monoisotopic (exact) mass is 185 g/mol. The van der Waals surface area contributed by atoms with Gasteiger partial charge in [-0.05, 0) is 12.8 Å². The van der Waals surface area contributed by atoms with Gasteiger partial charge in [-0.2, -0.15) is 0 Å². The van der Waals surface area contributed by atoms with Crippen LogP contribution in [0.15, 0.2) is 0 Å². The van der Waals surface area contributed by atoms with Gasteiger partial charge in [0.05, 0.1) is 13.2 Å². The van der Waals surface area contributed by atoms with Gasteiger partial charge in [0.25, 0.3) is 0 Å². The smallest absolute Gasteiger partial charge is 0.207 e. The zero-order valence-electron chi connectivity index (χ0n) is 7.62. The standard InChI is InChI=1S/C9H15NO3/c11-7-10-8-1-3-9(4-2-8)12-5-6-13-9/h7-8H,1-6H2,(H,10,11). The molecule has 0 aromatic heterocycles. The third-order valence-corrected chi connectivity index (χ3v) is 2.86. The minimum absolute atomic E-state index is 0.304. The number of carbonyl (C=O) groups excluding carboxylic acids is 1. The highest BCUT2D eigenvalue weighted by atomic mass is 16.7. The van der Waals surface area contributed by atoms with E-state index in [0.29, 0.717) is 19.3 Å². The number of carbonyl (C=O) groups is 1. The third-order valence-electron chi connectivity index (χ3n) is 2.86. The number of ether oxygens (including phenoxy) is 2. The molecular formula is C9H15NO3. The van der Waals surface area contributed by atoms with E-state index in [1.807, 2.05) is 0 Å². The summed E-state index contributed by atoms with van der Waals surface area (Å²) < 4.78 is 11.1. The van der Waals surface area contributed by atoms with Crippen molar-refractivity contribution >= 4 is 6.41 Å². The second-order valence-electron chi connectivity index (χ2n) is 3.67. The van der Waals surface area contributed by atoms with E-state index in [1.165, 1.54) is 0 Å². The van der Waals surface area contributed by atoms with Gasteiger partial charge in [0.1, 0.15) is 0 Å². The Morgan fingerprint density at radius 3 is 2.38 bits per heavy atom. The van der Waals surface area contributed by atoms with Crippen molar-refractivity contribution in [2.45, 2.75) is 37.5 Å². The highest BCUT2D eigenvalue weighted by molar-refractivity contribution is 5.46. The van der Waals surface area contributed by atoms with Crippen LogP contribution in [0, 0.1) is 0 Å². The molecule has 1 aliphatic heterocycles. The molecule has 0 atom stereocenters. The lowest BCUT2D eigenvalue weighted by Crippen LogP contribution is -2.41. The van der Waals surface area contributed by atoms with Gasteiger partial charge in [-0.1, -0.05) is 0 Å². The molecule has 74 valence electrons. The molecule has 0 aromatic carbocycles. The molecule has 4 heteroatoms. The van der Waals surface area contributed by atoms with Crippen LogP contribution in [0.1, 0.15) is 25.7 Å². The number of nitrogens with one attached hydrogen (secondary N) is 1. The van der Waals surface area contributed by atoms with Gasteiger partial charge in [-0.15, -0.1) is 0 Å². The molecule has 1 saturated heterocycles. The van der Waals surface area contributed by atoms with Gasteiger partial charge >= 0.3 is 0 Å². The van der Waals surface area contributed by atoms with Crippen LogP contribution in [0.2, 0.25) is 0 Å². The van der Waals surface area contributed by atoms with Gasteiger partial charge in [0.15, 0.2) is 5.79 Å². The Bertz CT molecular complexity index is 179. The second-order valence-corrected chi connectivity index (χ2v) is 3.67. The van der Waals surface area contributed by atoms with Crippen molar-refractivity contribution in [1.29, 1.82) is 0 Å². The number of hydrogen-bond donors (Lipinski definition) is 1. The topological polar surface area (TPSA) is 47.6 Å². The first-order valence-electron chi connectivity index (χ1n) is 4.82. The minimum Gasteiger partial charge on any atom is -0.356 e. The fourth-order valence-electron chi connectivity index (χ4n) is 2.11. The van der Waals surface area contributed by atoms with Crippen molar-refractivity contribution in [3.63, 3.8) is 0 Å². The maximum Gasteiger partial charge on any atom is 0.207 e. The predicted molar refractivity (Wildman–Crippen MR) is 46.1 cm³/mol.